The minimum Gasteiger partial charge on any atom is -0.459 e. The Hall–Kier alpha value is -2.10. The van der Waals surface area contributed by atoms with Gasteiger partial charge in [0.05, 0.1) is 6.54 Å². The highest BCUT2D eigenvalue weighted by molar-refractivity contribution is 5.80. The predicted octanol–water partition coefficient (Wildman–Crippen LogP) is 3.11. The number of amides is 1. The van der Waals surface area contributed by atoms with E-state index in [1.54, 1.807) is 12.1 Å². The molecule has 0 spiro atoms. The predicted molar refractivity (Wildman–Crippen MR) is 68.7 cm³/mol. The summed E-state index contributed by atoms with van der Waals surface area (Å²) in [6, 6.07) is 9.78. The van der Waals surface area contributed by atoms with Gasteiger partial charge in [-0.2, -0.15) is 0 Å². The molecule has 0 aliphatic heterocycles. The van der Waals surface area contributed by atoms with Crippen molar-refractivity contribution in [1.82, 2.24) is 5.32 Å². The number of halogens is 1. The molecular formula is C15H14FNO2. The van der Waals surface area contributed by atoms with Gasteiger partial charge < -0.3 is 9.73 Å². The summed E-state index contributed by atoms with van der Waals surface area (Å²) in [7, 11) is 0. The molecule has 3 rings (SSSR count). The van der Waals surface area contributed by atoms with Crippen LogP contribution in [0.1, 0.15) is 18.6 Å². The average Bonchev–Trinajstić information content (AvgIpc) is 3.16. The molecule has 1 aromatic carbocycles. The molecule has 2 aromatic rings. The summed E-state index contributed by atoms with van der Waals surface area (Å²) >= 11 is 0. The fourth-order valence-corrected chi connectivity index (χ4v) is 1.91. The molecule has 1 N–H and O–H groups in total. The van der Waals surface area contributed by atoms with Crippen LogP contribution >= 0.6 is 0 Å². The highest BCUT2D eigenvalue weighted by Crippen LogP contribution is 2.29. The molecule has 4 heteroatoms. The fourth-order valence-electron chi connectivity index (χ4n) is 1.91. The number of carbonyl (C=O) groups is 1. The van der Waals surface area contributed by atoms with Gasteiger partial charge >= 0.3 is 0 Å². The molecule has 1 aliphatic carbocycles. The van der Waals surface area contributed by atoms with Gasteiger partial charge in [-0.05, 0) is 49.2 Å². The lowest BCUT2D eigenvalue weighted by molar-refractivity contribution is -0.122. The molecular weight excluding hydrogens is 245 g/mol. The largest absolute Gasteiger partial charge is 0.459 e. The molecule has 19 heavy (non-hydrogen) atoms. The molecule has 1 fully saturated rings. The molecule has 98 valence electrons. The zero-order valence-electron chi connectivity index (χ0n) is 10.4. The van der Waals surface area contributed by atoms with Crippen molar-refractivity contribution in [2.75, 3.05) is 0 Å². The van der Waals surface area contributed by atoms with Crippen LogP contribution in [0.3, 0.4) is 0 Å². The van der Waals surface area contributed by atoms with Crippen molar-refractivity contribution < 1.29 is 13.6 Å². The fraction of sp³-hybridized carbons (Fsp3) is 0.267. The van der Waals surface area contributed by atoms with Gasteiger partial charge in [0.25, 0.3) is 0 Å². The zero-order chi connectivity index (χ0) is 13.2. The molecule has 0 radical (unpaired) electrons. The molecule has 0 saturated heterocycles. The van der Waals surface area contributed by atoms with Gasteiger partial charge in [0.1, 0.15) is 17.3 Å². The van der Waals surface area contributed by atoms with Crippen LogP contribution in [0.2, 0.25) is 0 Å². The van der Waals surface area contributed by atoms with Crippen LogP contribution in [-0.2, 0) is 11.3 Å². The summed E-state index contributed by atoms with van der Waals surface area (Å²) in [5.41, 5.74) is 0.821. The van der Waals surface area contributed by atoms with Gasteiger partial charge in [0, 0.05) is 11.5 Å². The highest BCUT2D eigenvalue weighted by atomic mass is 19.1. The van der Waals surface area contributed by atoms with Gasteiger partial charge in [-0.25, -0.2) is 4.39 Å². The van der Waals surface area contributed by atoms with Gasteiger partial charge in [-0.15, -0.1) is 0 Å². The minimum atomic E-state index is -0.271. The Bertz CT molecular complexity index is 584. The van der Waals surface area contributed by atoms with Gasteiger partial charge in [0.2, 0.25) is 5.91 Å². The number of hydrogen-bond donors (Lipinski definition) is 1. The first-order valence-corrected chi connectivity index (χ1v) is 6.35. The van der Waals surface area contributed by atoms with Crippen LogP contribution in [-0.4, -0.2) is 5.91 Å². The van der Waals surface area contributed by atoms with E-state index in [1.165, 1.54) is 12.1 Å². The lowest BCUT2D eigenvalue weighted by Gasteiger charge is -2.01. The number of nitrogens with one attached hydrogen (secondary N) is 1. The average molecular weight is 259 g/mol. The lowest BCUT2D eigenvalue weighted by atomic mass is 10.2. The first-order chi connectivity index (χ1) is 9.22. The smallest absolute Gasteiger partial charge is 0.223 e. The quantitative estimate of drug-likeness (QED) is 0.916. The van der Waals surface area contributed by atoms with E-state index >= 15 is 0 Å². The van der Waals surface area contributed by atoms with E-state index in [4.69, 9.17) is 4.42 Å². The van der Waals surface area contributed by atoms with Crippen molar-refractivity contribution >= 4 is 5.91 Å². The third-order valence-corrected chi connectivity index (χ3v) is 3.18. The van der Waals surface area contributed by atoms with Crippen molar-refractivity contribution in [3.63, 3.8) is 0 Å². The Balaban J connectivity index is 1.65. The molecule has 0 unspecified atom stereocenters. The Morgan fingerprint density at radius 3 is 2.63 bits per heavy atom. The van der Waals surface area contributed by atoms with Crippen LogP contribution in [0, 0.1) is 11.7 Å². The molecule has 0 atom stereocenters. The lowest BCUT2D eigenvalue weighted by Crippen LogP contribution is -2.23. The van der Waals surface area contributed by atoms with Crippen molar-refractivity contribution in [3.8, 4) is 11.3 Å². The first-order valence-electron chi connectivity index (χ1n) is 6.35. The summed E-state index contributed by atoms with van der Waals surface area (Å²) in [6.45, 7) is 0.399. The summed E-state index contributed by atoms with van der Waals surface area (Å²) in [6.07, 6.45) is 1.98. The number of benzene rings is 1. The maximum Gasteiger partial charge on any atom is 0.223 e. The third-order valence-electron chi connectivity index (χ3n) is 3.18. The summed E-state index contributed by atoms with van der Waals surface area (Å²) < 4.78 is 18.4. The molecule has 1 heterocycles. The zero-order valence-corrected chi connectivity index (χ0v) is 10.4. The van der Waals surface area contributed by atoms with Crippen LogP contribution in [0.4, 0.5) is 4.39 Å². The Kier molecular flexibility index (Phi) is 3.07. The Morgan fingerprint density at radius 1 is 1.21 bits per heavy atom. The van der Waals surface area contributed by atoms with Crippen molar-refractivity contribution in [2.24, 2.45) is 5.92 Å². The minimum absolute atomic E-state index is 0.0970. The number of carbonyl (C=O) groups excluding carboxylic acids is 1. The maximum absolute atomic E-state index is 12.8. The molecule has 1 amide bonds. The van der Waals surface area contributed by atoms with Crippen LogP contribution in [0.15, 0.2) is 40.8 Å². The second-order valence-electron chi connectivity index (χ2n) is 4.76. The van der Waals surface area contributed by atoms with E-state index in [9.17, 15) is 9.18 Å². The van der Waals surface area contributed by atoms with E-state index in [0.717, 1.165) is 18.4 Å². The van der Waals surface area contributed by atoms with Crippen molar-refractivity contribution in [2.45, 2.75) is 19.4 Å². The number of rotatable bonds is 4. The second-order valence-corrected chi connectivity index (χ2v) is 4.76. The topological polar surface area (TPSA) is 42.2 Å². The van der Waals surface area contributed by atoms with Crippen LogP contribution in [0.25, 0.3) is 11.3 Å². The van der Waals surface area contributed by atoms with Gasteiger partial charge in [-0.1, -0.05) is 0 Å². The van der Waals surface area contributed by atoms with E-state index in [1.807, 2.05) is 12.1 Å². The second kappa shape index (κ2) is 4.88. The van der Waals surface area contributed by atoms with Crippen molar-refractivity contribution in [3.05, 3.63) is 48.0 Å². The summed E-state index contributed by atoms with van der Waals surface area (Å²) in [5.74, 6) is 1.41. The van der Waals surface area contributed by atoms with E-state index in [0.29, 0.717) is 18.1 Å². The van der Waals surface area contributed by atoms with E-state index in [2.05, 4.69) is 5.32 Å². The highest BCUT2D eigenvalue weighted by Gasteiger charge is 2.29. The van der Waals surface area contributed by atoms with Crippen molar-refractivity contribution in [1.29, 1.82) is 0 Å². The van der Waals surface area contributed by atoms with Crippen LogP contribution in [0.5, 0.6) is 0 Å². The van der Waals surface area contributed by atoms with E-state index in [-0.39, 0.29) is 17.6 Å². The van der Waals surface area contributed by atoms with Crippen LogP contribution < -0.4 is 5.32 Å². The third kappa shape index (κ3) is 2.84. The molecule has 1 aliphatic rings. The maximum atomic E-state index is 12.8. The number of hydrogen-bond acceptors (Lipinski definition) is 2. The van der Waals surface area contributed by atoms with E-state index < -0.39 is 0 Å². The summed E-state index contributed by atoms with van der Waals surface area (Å²) in [5, 5.41) is 2.84. The monoisotopic (exact) mass is 259 g/mol. The normalized spacial score (nSPS) is 14.4. The standard InChI is InChI=1S/C15H14FNO2/c16-12-5-3-10(4-6-12)14-8-7-13(19-14)9-17-15(18)11-1-2-11/h3-8,11H,1-2,9H2,(H,17,18). The molecule has 3 nitrogen and oxygen atoms in total. The molecule has 1 saturated carbocycles. The number of furan rings is 1. The Morgan fingerprint density at radius 2 is 1.95 bits per heavy atom. The summed E-state index contributed by atoms with van der Waals surface area (Å²) in [4.78, 5) is 11.5. The van der Waals surface area contributed by atoms with Gasteiger partial charge in [-0.3, -0.25) is 4.79 Å². The molecule has 1 aromatic heterocycles. The SMILES string of the molecule is O=C(NCc1ccc(-c2ccc(F)cc2)o1)C1CC1. The first kappa shape index (κ1) is 12.0. The molecule has 0 bridgehead atoms. The van der Waals surface area contributed by atoms with Gasteiger partial charge in [0.15, 0.2) is 0 Å². The Labute approximate surface area is 110 Å².